The molecule has 0 radical (unpaired) electrons. The summed E-state index contributed by atoms with van der Waals surface area (Å²) in [5.41, 5.74) is 7.97. The number of pyridine rings is 1. The van der Waals surface area contributed by atoms with Crippen molar-refractivity contribution in [1.82, 2.24) is 10.3 Å². The highest BCUT2D eigenvalue weighted by molar-refractivity contribution is 5.92. The molecule has 96 valence electrons. The lowest BCUT2D eigenvalue weighted by Gasteiger charge is -2.12. The third-order valence-corrected chi connectivity index (χ3v) is 3.14. The summed E-state index contributed by atoms with van der Waals surface area (Å²) in [7, 11) is 0. The van der Waals surface area contributed by atoms with Crippen molar-refractivity contribution in [3.8, 4) is 0 Å². The summed E-state index contributed by atoms with van der Waals surface area (Å²) in [6.07, 6.45) is 9.68. The maximum Gasteiger partial charge on any atom is 0.269 e. The molecule has 4 heteroatoms. The Morgan fingerprint density at radius 3 is 2.94 bits per heavy atom. The molecular formula is C14H19N3O. The standard InChI is InChI=1S/C14H19N3O/c15-12-6-7-13(17-10-12)14(18)16-9-8-11-4-2-1-3-5-11/h4,6-7,10H,1-3,5,8-9,15H2,(H,16,18). The number of nitrogen functional groups attached to an aromatic ring is 1. The smallest absolute Gasteiger partial charge is 0.269 e. The number of anilines is 1. The summed E-state index contributed by atoms with van der Waals surface area (Å²) in [5.74, 6) is -0.133. The van der Waals surface area contributed by atoms with Crippen LogP contribution in [0.2, 0.25) is 0 Å². The lowest BCUT2D eigenvalue weighted by molar-refractivity contribution is 0.0949. The molecule has 1 aliphatic carbocycles. The molecule has 1 aliphatic rings. The number of rotatable bonds is 4. The zero-order chi connectivity index (χ0) is 12.8. The van der Waals surface area contributed by atoms with Gasteiger partial charge in [-0.05, 0) is 44.2 Å². The minimum atomic E-state index is -0.133. The molecule has 0 saturated carbocycles. The Kier molecular flexibility index (Phi) is 4.34. The predicted molar refractivity (Wildman–Crippen MR) is 72.2 cm³/mol. The molecule has 3 N–H and O–H groups in total. The van der Waals surface area contributed by atoms with Gasteiger partial charge >= 0.3 is 0 Å². The lowest BCUT2D eigenvalue weighted by Crippen LogP contribution is -2.25. The molecule has 1 aromatic rings. The number of amides is 1. The van der Waals surface area contributed by atoms with E-state index < -0.39 is 0 Å². The second-order valence-corrected chi connectivity index (χ2v) is 4.59. The Labute approximate surface area is 107 Å². The van der Waals surface area contributed by atoms with E-state index in [1.54, 1.807) is 12.1 Å². The Balaban J connectivity index is 1.78. The zero-order valence-electron chi connectivity index (χ0n) is 10.5. The molecule has 2 rings (SSSR count). The van der Waals surface area contributed by atoms with Gasteiger partial charge in [0.15, 0.2) is 0 Å². The summed E-state index contributed by atoms with van der Waals surface area (Å²) >= 11 is 0. The summed E-state index contributed by atoms with van der Waals surface area (Å²) < 4.78 is 0. The first kappa shape index (κ1) is 12.6. The van der Waals surface area contributed by atoms with Crippen LogP contribution in [0.4, 0.5) is 5.69 Å². The van der Waals surface area contributed by atoms with Gasteiger partial charge < -0.3 is 11.1 Å². The van der Waals surface area contributed by atoms with Gasteiger partial charge in [-0.25, -0.2) is 4.98 Å². The van der Waals surface area contributed by atoms with Gasteiger partial charge in [-0.15, -0.1) is 0 Å². The molecule has 18 heavy (non-hydrogen) atoms. The van der Waals surface area contributed by atoms with E-state index in [0.717, 1.165) is 6.42 Å². The van der Waals surface area contributed by atoms with Crippen molar-refractivity contribution >= 4 is 11.6 Å². The molecule has 1 heterocycles. The van der Waals surface area contributed by atoms with Gasteiger partial charge in [0.25, 0.3) is 5.91 Å². The molecule has 1 aromatic heterocycles. The highest BCUT2D eigenvalue weighted by Gasteiger charge is 2.07. The fraction of sp³-hybridized carbons (Fsp3) is 0.429. The number of hydrogen-bond donors (Lipinski definition) is 2. The van der Waals surface area contributed by atoms with E-state index in [0.29, 0.717) is 17.9 Å². The van der Waals surface area contributed by atoms with Crippen molar-refractivity contribution in [2.75, 3.05) is 12.3 Å². The molecule has 0 aromatic carbocycles. The van der Waals surface area contributed by atoms with Gasteiger partial charge in [0.1, 0.15) is 5.69 Å². The summed E-state index contributed by atoms with van der Waals surface area (Å²) in [5, 5.41) is 2.88. The van der Waals surface area contributed by atoms with E-state index in [4.69, 9.17) is 5.73 Å². The number of nitrogens with one attached hydrogen (secondary N) is 1. The van der Waals surface area contributed by atoms with Crippen molar-refractivity contribution in [2.45, 2.75) is 32.1 Å². The number of hydrogen-bond acceptors (Lipinski definition) is 3. The number of carbonyl (C=O) groups is 1. The van der Waals surface area contributed by atoms with Crippen molar-refractivity contribution in [3.63, 3.8) is 0 Å². The minimum Gasteiger partial charge on any atom is -0.397 e. The molecular weight excluding hydrogens is 226 g/mol. The molecule has 1 amide bonds. The van der Waals surface area contributed by atoms with Crippen molar-refractivity contribution in [3.05, 3.63) is 35.7 Å². The zero-order valence-corrected chi connectivity index (χ0v) is 10.5. The molecule has 0 saturated heterocycles. The van der Waals surface area contributed by atoms with Gasteiger partial charge in [-0.1, -0.05) is 11.6 Å². The van der Waals surface area contributed by atoms with Crippen LogP contribution in [-0.2, 0) is 0 Å². The van der Waals surface area contributed by atoms with Crippen LogP contribution < -0.4 is 11.1 Å². The van der Waals surface area contributed by atoms with Gasteiger partial charge in [0, 0.05) is 6.54 Å². The Bertz CT molecular complexity index is 437. The fourth-order valence-electron chi connectivity index (χ4n) is 2.10. The SMILES string of the molecule is Nc1ccc(C(=O)NCCC2=CCCCC2)nc1. The lowest BCUT2D eigenvalue weighted by atomic mass is 9.97. The van der Waals surface area contributed by atoms with Crippen LogP contribution in [0.15, 0.2) is 30.0 Å². The number of allylic oxidation sites excluding steroid dienone is 1. The van der Waals surface area contributed by atoms with Crippen LogP contribution in [0.1, 0.15) is 42.6 Å². The van der Waals surface area contributed by atoms with Crippen LogP contribution in [0.3, 0.4) is 0 Å². The maximum atomic E-state index is 11.8. The van der Waals surface area contributed by atoms with E-state index in [9.17, 15) is 4.79 Å². The minimum absolute atomic E-state index is 0.133. The first-order chi connectivity index (χ1) is 8.75. The van der Waals surface area contributed by atoms with E-state index in [1.807, 2.05) is 0 Å². The van der Waals surface area contributed by atoms with Crippen LogP contribution in [0, 0.1) is 0 Å². The maximum absolute atomic E-state index is 11.8. The third-order valence-electron chi connectivity index (χ3n) is 3.14. The second-order valence-electron chi connectivity index (χ2n) is 4.59. The van der Waals surface area contributed by atoms with Crippen molar-refractivity contribution in [2.24, 2.45) is 0 Å². The van der Waals surface area contributed by atoms with Crippen LogP contribution in [-0.4, -0.2) is 17.4 Å². The largest absolute Gasteiger partial charge is 0.397 e. The van der Waals surface area contributed by atoms with Gasteiger partial charge in [0.05, 0.1) is 11.9 Å². The molecule has 0 aliphatic heterocycles. The molecule has 0 fully saturated rings. The average molecular weight is 245 g/mol. The van der Waals surface area contributed by atoms with Crippen LogP contribution >= 0.6 is 0 Å². The summed E-state index contributed by atoms with van der Waals surface area (Å²) in [6.45, 7) is 0.677. The summed E-state index contributed by atoms with van der Waals surface area (Å²) in [4.78, 5) is 15.8. The molecule has 0 spiro atoms. The Morgan fingerprint density at radius 1 is 1.39 bits per heavy atom. The quantitative estimate of drug-likeness (QED) is 0.800. The Hall–Kier alpha value is -1.84. The molecule has 0 bridgehead atoms. The predicted octanol–water partition coefficient (Wildman–Crippen LogP) is 2.28. The molecule has 0 unspecified atom stereocenters. The van der Waals surface area contributed by atoms with Crippen LogP contribution in [0.25, 0.3) is 0 Å². The third kappa shape index (κ3) is 3.58. The van der Waals surface area contributed by atoms with E-state index in [-0.39, 0.29) is 5.91 Å². The number of nitrogens with zero attached hydrogens (tertiary/aromatic N) is 1. The van der Waals surface area contributed by atoms with Crippen molar-refractivity contribution in [1.29, 1.82) is 0 Å². The number of nitrogens with two attached hydrogens (primary N) is 1. The highest BCUT2D eigenvalue weighted by Crippen LogP contribution is 2.19. The van der Waals surface area contributed by atoms with Crippen molar-refractivity contribution < 1.29 is 4.79 Å². The van der Waals surface area contributed by atoms with Crippen LogP contribution in [0.5, 0.6) is 0 Å². The average Bonchev–Trinajstić information content (AvgIpc) is 2.40. The van der Waals surface area contributed by atoms with E-state index in [1.165, 1.54) is 37.5 Å². The number of aromatic nitrogens is 1. The highest BCUT2D eigenvalue weighted by atomic mass is 16.1. The normalized spacial score (nSPS) is 15.0. The van der Waals surface area contributed by atoms with Gasteiger partial charge in [-0.3, -0.25) is 4.79 Å². The first-order valence-electron chi connectivity index (χ1n) is 6.43. The first-order valence-corrected chi connectivity index (χ1v) is 6.43. The van der Waals surface area contributed by atoms with Gasteiger partial charge in [0.2, 0.25) is 0 Å². The fourth-order valence-corrected chi connectivity index (χ4v) is 2.10. The molecule has 4 nitrogen and oxygen atoms in total. The van der Waals surface area contributed by atoms with E-state index in [2.05, 4.69) is 16.4 Å². The van der Waals surface area contributed by atoms with Gasteiger partial charge in [-0.2, -0.15) is 0 Å². The monoisotopic (exact) mass is 245 g/mol. The summed E-state index contributed by atoms with van der Waals surface area (Å²) in [6, 6.07) is 3.33. The Morgan fingerprint density at radius 2 is 2.28 bits per heavy atom. The van der Waals surface area contributed by atoms with E-state index >= 15 is 0 Å². The topological polar surface area (TPSA) is 68.0 Å². The second kappa shape index (κ2) is 6.19. The number of carbonyl (C=O) groups excluding carboxylic acids is 1. The molecule has 0 atom stereocenters.